The molecule has 0 radical (unpaired) electrons. The second-order valence-corrected chi connectivity index (χ2v) is 4.16. The summed E-state index contributed by atoms with van der Waals surface area (Å²) in [4.78, 5) is 9.56. The Kier molecular flexibility index (Phi) is 6.38. The maximum Gasteiger partial charge on any atom is 0.423 e. The molecule has 118 valence electrons. The number of nitro benzene ring substituents is 1. The molecule has 0 heterocycles. The van der Waals surface area contributed by atoms with Gasteiger partial charge in [-0.25, -0.2) is 0 Å². The molecule has 0 saturated heterocycles. The molecule has 0 atom stereocenters. The molecule has 2 N–H and O–H groups in total. The lowest BCUT2D eigenvalue weighted by Crippen LogP contribution is -2.25. The Bertz CT molecular complexity index is 481. The van der Waals surface area contributed by atoms with E-state index >= 15 is 0 Å². The largest absolute Gasteiger partial charge is 0.423 e. The molecule has 0 amide bonds. The highest BCUT2D eigenvalue weighted by Crippen LogP contribution is 2.37. The number of nitro groups is 1. The third-order valence-electron chi connectivity index (χ3n) is 2.61. The van der Waals surface area contributed by atoms with Crippen molar-refractivity contribution in [1.82, 2.24) is 5.32 Å². The van der Waals surface area contributed by atoms with E-state index in [9.17, 15) is 23.3 Å². The molecule has 9 heteroatoms. The van der Waals surface area contributed by atoms with Gasteiger partial charge in [-0.3, -0.25) is 10.1 Å². The van der Waals surface area contributed by atoms with E-state index in [1.54, 1.807) is 7.11 Å². The van der Waals surface area contributed by atoms with Crippen LogP contribution in [-0.2, 0) is 10.9 Å². The first-order chi connectivity index (χ1) is 9.86. The second-order valence-electron chi connectivity index (χ2n) is 4.16. The third kappa shape index (κ3) is 5.56. The van der Waals surface area contributed by atoms with Gasteiger partial charge in [0.2, 0.25) is 0 Å². The molecule has 0 aliphatic rings. The first kappa shape index (κ1) is 17.2. The van der Waals surface area contributed by atoms with E-state index in [0.29, 0.717) is 26.2 Å². The standard InChI is InChI=1S/C12H16F3N3O3/c1-21-7-6-16-4-5-17-9-2-3-11(18(19)20)10(8-9)12(13,14)15/h2-3,8,16-17H,4-7H2,1H3. The van der Waals surface area contributed by atoms with E-state index in [4.69, 9.17) is 4.74 Å². The van der Waals surface area contributed by atoms with Gasteiger partial charge in [0.25, 0.3) is 5.69 Å². The van der Waals surface area contributed by atoms with Gasteiger partial charge < -0.3 is 15.4 Å². The van der Waals surface area contributed by atoms with Crippen molar-refractivity contribution >= 4 is 11.4 Å². The highest BCUT2D eigenvalue weighted by molar-refractivity contribution is 5.55. The molecule has 21 heavy (non-hydrogen) atoms. The summed E-state index contributed by atoms with van der Waals surface area (Å²) in [6.07, 6.45) is -4.77. The number of alkyl halides is 3. The maximum absolute atomic E-state index is 12.8. The van der Waals surface area contributed by atoms with Gasteiger partial charge in [0, 0.05) is 38.5 Å². The first-order valence-corrected chi connectivity index (χ1v) is 6.15. The molecule has 6 nitrogen and oxygen atoms in total. The number of rotatable bonds is 8. The number of ether oxygens (including phenoxy) is 1. The highest BCUT2D eigenvalue weighted by Gasteiger charge is 2.38. The lowest BCUT2D eigenvalue weighted by atomic mass is 10.1. The van der Waals surface area contributed by atoms with Gasteiger partial charge in [-0.05, 0) is 12.1 Å². The van der Waals surface area contributed by atoms with Crippen LogP contribution in [-0.4, -0.2) is 38.3 Å². The van der Waals surface area contributed by atoms with E-state index in [0.717, 1.165) is 12.1 Å². The van der Waals surface area contributed by atoms with Crippen molar-refractivity contribution in [2.75, 3.05) is 38.7 Å². The molecule has 0 spiro atoms. The fraction of sp³-hybridized carbons (Fsp3) is 0.500. The minimum atomic E-state index is -4.77. The molecule has 1 rings (SSSR count). The molecule has 0 unspecified atom stereocenters. The molecule has 0 saturated carbocycles. The Balaban J connectivity index is 2.66. The average Bonchev–Trinajstić information content (AvgIpc) is 2.41. The Morgan fingerprint density at radius 3 is 2.57 bits per heavy atom. The normalized spacial score (nSPS) is 11.4. The van der Waals surface area contributed by atoms with Gasteiger partial charge in [-0.15, -0.1) is 0 Å². The van der Waals surface area contributed by atoms with Crippen LogP contribution in [0.25, 0.3) is 0 Å². The predicted octanol–water partition coefficient (Wildman–Crippen LogP) is 2.26. The van der Waals surface area contributed by atoms with Crippen molar-refractivity contribution in [3.63, 3.8) is 0 Å². The number of nitrogens with one attached hydrogen (secondary N) is 2. The molecular formula is C12H16F3N3O3. The summed E-state index contributed by atoms with van der Waals surface area (Å²) < 4.78 is 43.1. The zero-order chi connectivity index (χ0) is 15.9. The third-order valence-corrected chi connectivity index (χ3v) is 2.61. The summed E-state index contributed by atoms with van der Waals surface area (Å²) in [6.45, 7) is 2.09. The zero-order valence-corrected chi connectivity index (χ0v) is 11.4. The molecule has 0 aliphatic heterocycles. The summed E-state index contributed by atoms with van der Waals surface area (Å²) in [5.41, 5.74) is -2.03. The van der Waals surface area contributed by atoms with E-state index in [1.807, 2.05) is 0 Å². The fourth-order valence-corrected chi connectivity index (χ4v) is 1.63. The van der Waals surface area contributed by atoms with Crippen molar-refractivity contribution < 1.29 is 22.8 Å². The van der Waals surface area contributed by atoms with Crippen molar-refractivity contribution in [1.29, 1.82) is 0 Å². The summed E-state index contributed by atoms with van der Waals surface area (Å²) in [5, 5.41) is 16.4. The number of hydrogen-bond acceptors (Lipinski definition) is 5. The Morgan fingerprint density at radius 2 is 2.00 bits per heavy atom. The van der Waals surface area contributed by atoms with Crippen LogP contribution in [0.2, 0.25) is 0 Å². The van der Waals surface area contributed by atoms with Crippen molar-refractivity contribution in [2.24, 2.45) is 0 Å². The number of methoxy groups -OCH3 is 1. The molecule has 0 fully saturated rings. The van der Waals surface area contributed by atoms with Crippen molar-refractivity contribution in [3.8, 4) is 0 Å². The molecule has 0 aliphatic carbocycles. The van der Waals surface area contributed by atoms with E-state index in [1.165, 1.54) is 6.07 Å². The fourth-order valence-electron chi connectivity index (χ4n) is 1.63. The van der Waals surface area contributed by atoms with Crippen molar-refractivity contribution in [2.45, 2.75) is 6.18 Å². The first-order valence-electron chi connectivity index (χ1n) is 6.15. The number of benzene rings is 1. The van der Waals surface area contributed by atoms with Gasteiger partial charge >= 0.3 is 6.18 Å². The monoisotopic (exact) mass is 307 g/mol. The Morgan fingerprint density at radius 1 is 1.29 bits per heavy atom. The SMILES string of the molecule is COCCNCCNc1ccc([N+](=O)[O-])c(C(F)(F)F)c1. The second kappa shape index (κ2) is 7.79. The van der Waals surface area contributed by atoms with Gasteiger partial charge in [0.1, 0.15) is 5.56 Å². The quantitative estimate of drug-likeness (QED) is 0.438. The van der Waals surface area contributed by atoms with Gasteiger partial charge in [0.15, 0.2) is 0 Å². The summed E-state index contributed by atoms with van der Waals surface area (Å²) in [6, 6.07) is 2.85. The van der Waals surface area contributed by atoms with Crippen LogP contribution in [0, 0.1) is 10.1 Å². The minimum Gasteiger partial charge on any atom is -0.384 e. The lowest BCUT2D eigenvalue weighted by molar-refractivity contribution is -0.388. The van der Waals surface area contributed by atoms with Crippen LogP contribution in [0.3, 0.4) is 0 Å². The molecular weight excluding hydrogens is 291 g/mol. The number of anilines is 1. The Labute approximate surface area is 119 Å². The van der Waals surface area contributed by atoms with Crippen LogP contribution in [0.4, 0.5) is 24.5 Å². The summed E-state index contributed by atoms with van der Waals surface area (Å²) >= 11 is 0. The van der Waals surface area contributed by atoms with Gasteiger partial charge in [-0.2, -0.15) is 13.2 Å². The van der Waals surface area contributed by atoms with Crippen molar-refractivity contribution in [3.05, 3.63) is 33.9 Å². The summed E-state index contributed by atoms with van der Waals surface area (Å²) in [7, 11) is 1.56. The highest BCUT2D eigenvalue weighted by atomic mass is 19.4. The van der Waals surface area contributed by atoms with Crippen LogP contribution in [0.1, 0.15) is 5.56 Å². The van der Waals surface area contributed by atoms with E-state index < -0.39 is 22.4 Å². The molecule has 0 bridgehead atoms. The van der Waals surface area contributed by atoms with Crippen LogP contribution < -0.4 is 10.6 Å². The topological polar surface area (TPSA) is 76.4 Å². The number of nitrogens with zero attached hydrogens (tertiary/aromatic N) is 1. The molecule has 0 aromatic heterocycles. The number of hydrogen-bond donors (Lipinski definition) is 2. The van der Waals surface area contributed by atoms with Crippen LogP contribution >= 0.6 is 0 Å². The average molecular weight is 307 g/mol. The minimum absolute atomic E-state index is 0.182. The number of halogens is 3. The zero-order valence-electron chi connectivity index (χ0n) is 11.4. The van der Waals surface area contributed by atoms with E-state index in [-0.39, 0.29) is 5.69 Å². The molecule has 1 aromatic rings. The van der Waals surface area contributed by atoms with Crippen LogP contribution in [0.5, 0.6) is 0 Å². The summed E-state index contributed by atoms with van der Waals surface area (Å²) in [5.74, 6) is 0. The Hall–Kier alpha value is -1.87. The van der Waals surface area contributed by atoms with E-state index in [2.05, 4.69) is 10.6 Å². The lowest BCUT2D eigenvalue weighted by Gasteiger charge is -2.11. The smallest absolute Gasteiger partial charge is 0.384 e. The maximum atomic E-state index is 12.8. The van der Waals surface area contributed by atoms with Gasteiger partial charge in [-0.1, -0.05) is 0 Å². The molecule has 1 aromatic carbocycles. The van der Waals surface area contributed by atoms with Crippen LogP contribution in [0.15, 0.2) is 18.2 Å². The predicted molar refractivity (Wildman–Crippen MR) is 71.3 cm³/mol. The van der Waals surface area contributed by atoms with Gasteiger partial charge in [0.05, 0.1) is 11.5 Å².